The van der Waals surface area contributed by atoms with Crippen LogP contribution in [0.1, 0.15) is 32.6 Å². The van der Waals surface area contributed by atoms with E-state index < -0.39 is 0 Å². The van der Waals surface area contributed by atoms with Crippen LogP contribution in [0.4, 0.5) is 0 Å². The van der Waals surface area contributed by atoms with Crippen LogP contribution in [0.5, 0.6) is 0 Å². The van der Waals surface area contributed by atoms with Crippen molar-refractivity contribution in [1.82, 2.24) is 15.1 Å². The van der Waals surface area contributed by atoms with E-state index in [1.165, 1.54) is 12.8 Å². The number of amides is 1. The molecular weight excluding hydrogens is 302 g/mol. The number of piperidine rings is 1. The van der Waals surface area contributed by atoms with Gasteiger partial charge in [-0.1, -0.05) is 13.3 Å². The number of piperazine rings is 1. The molecule has 1 N–H and O–H groups in total. The molecule has 2 fully saturated rings. The molecule has 0 aromatic rings. The number of carbonyl (C=O) groups excluding carboxylic acids is 1. The van der Waals surface area contributed by atoms with Crippen LogP contribution in [0.25, 0.3) is 0 Å². The van der Waals surface area contributed by atoms with Gasteiger partial charge in [-0.25, -0.2) is 0 Å². The molecule has 0 aliphatic carbocycles. The zero-order valence-corrected chi connectivity index (χ0v) is 14.9. The van der Waals surface area contributed by atoms with Crippen molar-refractivity contribution in [3.63, 3.8) is 0 Å². The number of methoxy groups -OCH3 is 1. The van der Waals surface area contributed by atoms with Crippen molar-refractivity contribution < 1.29 is 9.53 Å². The van der Waals surface area contributed by atoms with Crippen molar-refractivity contribution >= 4 is 18.3 Å². The van der Waals surface area contributed by atoms with Gasteiger partial charge in [0.05, 0.1) is 6.61 Å². The minimum Gasteiger partial charge on any atom is -0.383 e. The second kappa shape index (κ2) is 10.4. The highest BCUT2D eigenvalue weighted by Crippen LogP contribution is 2.20. The molecule has 2 heterocycles. The predicted octanol–water partition coefficient (Wildman–Crippen LogP) is 1.37. The Balaban J connectivity index is 0.00000242. The molecule has 0 radical (unpaired) electrons. The van der Waals surface area contributed by atoms with E-state index in [0.717, 1.165) is 58.7 Å². The summed E-state index contributed by atoms with van der Waals surface area (Å²) in [5.41, 5.74) is 0. The van der Waals surface area contributed by atoms with Crippen molar-refractivity contribution in [1.29, 1.82) is 0 Å². The Morgan fingerprint density at radius 2 is 2.00 bits per heavy atom. The number of halogens is 1. The average Bonchev–Trinajstić information content (AvgIpc) is 2.54. The highest BCUT2D eigenvalue weighted by atomic mass is 35.5. The zero-order chi connectivity index (χ0) is 15.1. The van der Waals surface area contributed by atoms with Crippen molar-refractivity contribution in [2.24, 2.45) is 5.92 Å². The fourth-order valence-electron chi connectivity index (χ4n) is 3.53. The summed E-state index contributed by atoms with van der Waals surface area (Å²) < 4.78 is 5.21. The monoisotopic (exact) mass is 333 g/mol. The van der Waals surface area contributed by atoms with Crippen LogP contribution in [-0.4, -0.2) is 74.7 Å². The molecule has 130 valence electrons. The molecule has 0 bridgehead atoms. The summed E-state index contributed by atoms with van der Waals surface area (Å²) in [6.07, 6.45) is 4.34. The lowest BCUT2D eigenvalue weighted by atomic mass is 9.95. The van der Waals surface area contributed by atoms with E-state index in [1.54, 1.807) is 7.11 Å². The maximum atomic E-state index is 12.7. The first-order valence-electron chi connectivity index (χ1n) is 8.48. The van der Waals surface area contributed by atoms with E-state index in [2.05, 4.69) is 22.0 Å². The van der Waals surface area contributed by atoms with Gasteiger partial charge in [0.25, 0.3) is 0 Å². The Morgan fingerprint density at radius 3 is 2.64 bits per heavy atom. The lowest BCUT2D eigenvalue weighted by molar-refractivity contribution is -0.139. The van der Waals surface area contributed by atoms with Crippen LogP contribution < -0.4 is 5.32 Å². The SMILES string of the molecule is CCCC1CN(C(=O)C2CCNCC2)CCN1CCOC.Cl. The normalized spacial score (nSPS) is 24.1. The highest BCUT2D eigenvalue weighted by molar-refractivity contribution is 5.85. The highest BCUT2D eigenvalue weighted by Gasteiger charge is 2.32. The lowest BCUT2D eigenvalue weighted by Gasteiger charge is -2.42. The molecule has 0 aromatic heterocycles. The number of hydrogen-bond donors (Lipinski definition) is 1. The average molecular weight is 334 g/mol. The van der Waals surface area contributed by atoms with Crippen LogP contribution in [0.15, 0.2) is 0 Å². The van der Waals surface area contributed by atoms with Crippen molar-refractivity contribution in [3.8, 4) is 0 Å². The first kappa shape index (κ1) is 19.7. The Labute approximate surface area is 141 Å². The van der Waals surface area contributed by atoms with E-state index >= 15 is 0 Å². The van der Waals surface area contributed by atoms with Crippen molar-refractivity contribution in [2.75, 3.05) is 53.0 Å². The van der Waals surface area contributed by atoms with Gasteiger partial charge in [0.15, 0.2) is 0 Å². The molecule has 0 saturated carbocycles. The lowest BCUT2D eigenvalue weighted by Crippen LogP contribution is -2.56. The molecule has 2 aliphatic rings. The summed E-state index contributed by atoms with van der Waals surface area (Å²) in [5.74, 6) is 0.642. The standard InChI is InChI=1S/C16H31N3O2.ClH/c1-3-4-15-13-19(10-9-18(15)11-12-21-2)16(20)14-5-7-17-8-6-14;/h14-15,17H,3-13H2,1-2H3;1H. The van der Waals surface area contributed by atoms with Crippen molar-refractivity contribution in [2.45, 2.75) is 38.6 Å². The Morgan fingerprint density at radius 1 is 1.27 bits per heavy atom. The molecule has 2 aliphatic heterocycles. The summed E-state index contributed by atoms with van der Waals surface area (Å²) in [6.45, 7) is 8.74. The zero-order valence-electron chi connectivity index (χ0n) is 14.1. The Kier molecular flexibility index (Phi) is 9.33. The second-order valence-electron chi connectivity index (χ2n) is 6.28. The summed E-state index contributed by atoms with van der Waals surface area (Å²) in [7, 11) is 1.76. The van der Waals surface area contributed by atoms with Gasteiger partial charge in [0.2, 0.25) is 5.91 Å². The van der Waals surface area contributed by atoms with Crippen LogP contribution in [0, 0.1) is 5.92 Å². The third-order valence-corrected chi connectivity index (χ3v) is 4.81. The largest absolute Gasteiger partial charge is 0.383 e. The van der Waals surface area contributed by atoms with Gasteiger partial charge >= 0.3 is 0 Å². The molecule has 2 saturated heterocycles. The number of carbonyl (C=O) groups is 1. The molecule has 1 amide bonds. The van der Waals surface area contributed by atoms with Crippen LogP contribution in [-0.2, 0) is 9.53 Å². The summed E-state index contributed by atoms with van der Waals surface area (Å²) >= 11 is 0. The van der Waals surface area contributed by atoms with E-state index in [1.807, 2.05) is 0 Å². The first-order chi connectivity index (χ1) is 10.3. The summed E-state index contributed by atoms with van der Waals surface area (Å²) in [6, 6.07) is 0.504. The van der Waals surface area contributed by atoms with Gasteiger partial charge in [0, 0.05) is 45.2 Å². The van der Waals surface area contributed by atoms with Gasteiger partial charge in [-0.3, -0.25) is 9.69 Å². The van der Waals surface area contributed by atoms with Crippen LogP contribution in [0.2, 0.25) is 0 Å². The van der Waals surface area contributed by atoms with Gasteiger partial charge in [0.1, 0.15) is 0 Å². The quantitative estimate of drug-likeness (QED) is 0.797. The molecule has 1 atom stereocenters. The molecule has 0 aromatic carbocycles. The predicted molar refractivity (Wildman–Crippen MR) is 91.6 cm³/mol. The minimum absolute atomic E-state index is 0. The second-order valence-corrected chi connectivity index (χ2v) is 6.28. The molecule has 0 spiro atoms. The topological polar surface area (TPSA) is 44.8 Å². The van der Waals surface area contributed by atoms with E-state index in [4.69, 9.17) is 4.74 Å². The van der Waals surface area contributed by atoms with E-state index in [0.29, 0.717) is 11.9 Å². The number of nitrogens with one attached hydrogen (secondary N) is 1. The minimum atomic E-state index is 0. The molecule has 22 heavy (non-hydrogen) atoms. The first-order valence-corrected chi connectivity index (χ1v) is 8.48. The number of rotatable bonds is 6. The molecule has 2 rings (SSSR count). The van der Waals surface area contributed by atoms with Gasteiger partial charge in [-0.05, 0) is 32.4 Å². The van der Waals surface area contributed by atoms with Crippen LogP contribution >= 0.6 is 12.4 Å². The Bertz CT molecular complexity index is 325. The van der Waals surface area contributed by atoms with Gasteiger partial charge in [-0.15, -0.1) is 12.4 Å². The number of hydrogen-bond acceptors (Lipinski definition) is 4. The fraction of sp³-hybridized carbons (Fsp3) is 0.938. The van der Waals surface area contributed by atoms with E-state index in [9.17, 15) is 4.79 Å². The van der Waals surface area contributed by atoms with Gasteiger partial charge < -0.3 is 15.0 Å². The van der Waals surface area contributed by atoms with Gasteiger partial charge in [-0.2, -0.15) is 0 Å². The molecular formula is C16H32ClN3O2. The molecule has 5 nitrogen and oxygen atoms in total. The molecule has 6 heteroatoms. The maximum Gasteiger partial charge on any atom is 0.225 e. The third-order valence-electron chi connectivity index (χ3n) is 4.81. The summed E-state index contributed by atoms with van der Waals surface area (Å²) in [5, 5.41) is 3.34. The number of nitrogens with zero attached hydrogens (tertiary/aromatic N) is 2. The summed E-state index contributed by atoms with van der Waals surface area (Å²) in [4.78, 5) is 17.3. The maximum absolute atomic E-state index is 12.7. The fourth-order valence-corrected chi connectivity index (χ4v) is 3.53. The van der Waals surface area contributed by atoms with E-state index in [-0.39, 0.29) is 18.3 Å². The molecule has 1 unspecified atom stereocenters. The Hall–Kier alpha value is -0.360. The number of ether oxygens (including phenoxy) is 1. The van der Waals surface area contributed by atoms with Crippen LogP contribution in [0.3, 0.4) is 0 Å². The van der Waals surface area contributed by atoms with Crippen molar-refractivity contribution in [3.05, 3.63) is 0 Å². The smallest absolute Gasteiger partial charge is 0.225 e. The third kappa shape index (κ3) is 5.37.